The molecule has 5 aromatic carbocycles. The van der Waals surface area contributed by atoms with E-state index in [2.05, 4.69) is 52.0 Å². The number of carbonyl (C=O) groups excluding carboxylic acids is 1. The number of hydrogen-bond acceptors (Lipinski definition) is 8. The van der Waals surface area contributed by atoms with Gasteiger partial charge in [-0.3, -0.25) is 0 Å². The summed E-state index contributed by atoms with van der Waals surface area (Å²) in [6, 6.07) is 40.7. The molecule has 1 fully saturated rings. The highest BCUT2D eigenvalue weighted by Gasteiger charge is 2.38. The van der Waals surface area contributed by atoms with Gasteiger partial charge < -0.3 is 34.5 Å². The minimum absolute atomic E-state index is 0.0121. The Morgan fingerprint density at radius 3 is 2.30 bits per heavy atom. The van der Waals surface area contributed by atoms with Gasteiger partial charge >= 0.3 is 6.03 Å². The summed E-state index contributed by atoms with van der Waals surface area (Å²) in [5, 5.41) is 24.5. The van der Waals surface area contributed by atoms with Gasteiger partial charge in [-0.25, -0.2) is 4.79 Å². The van der Waals surface area contributed by atoms with Crippen molar-refractivity contribution in [3.63, 3.8) is 0 Å². The first-order valence-corrected chi connectivity index (χ1v) is 18.4. The van der Waals surface area contributed by atoms with Crippen LogP contribution in [0.5, 0.6) is 11.5 Å². The topological polar surface area (TPSA) is 120 Å². The molecular weight excluding hydrogens is 687 g/mol. The average Bonchev–Trinajstić information content (AvgIpc) is 3.62. The van der Waals surface area contributed by atoms with Crippen molar-refractivity contribution in [2.24, 2.45) is 13.0 Å². The van der Waals surface area contributed by atoms with Crippen LogP contribution in [0.4, 0.5) is 10.5 Å². The number of nitrogens with one attached hydrogen (secondary N) is 2. The number of nitrogens with zero attached hydrogens (tertiary/aromatic N) is 3. The highest BCUT2D eigenvalue weighted by atomic mass is 32.2. The van der Waals surface area contributed by atoms with Gasteiger partial charge in [-0.2, -0.15) is 0 Å². The molecule has 0 unspecified atom stereocenters. The van der Waals surface area contributed by atoms with E-state index in [0.717, 1.165) is 44.3 Å². The Morgan fingerprint density at radius 2 is 1.57 bits per heavy atom. The summed E-state index contributed by atoms with van der Waals surface area (Å²) >= 11 is 1.61. The molecular formula is C42H41N5O5S. The van der Waals surface area contributed by atoms with Crippen LogP contribution in [0.1, 0.15) is 41.6 Å². The summed E-state index contributed by atoms with van der Waals surface area (Å²) in [6.07, 6.45) is 0.727. The number of rotatable bonds is 12. The molecule has 0 aliphatic carbocycles. The Labute approximate surface area is 313 Å². The zero-order valence-electron chi connectivity index (χ0n) is 29.5. The molecule has 1 saturated heterocycles. The van der Waals surface area contributed by atoms with E-state index in [4.69, 9.17) is 14.2 Å². The minimum atomic E-state index is -0.605. The van der Waals surface area contributed by atoms with Crippen LogP contribution in [0.25, 0.3) is 11.1 Å². The number of benzene rings is 5. The molecule has 0 bridgehead atoms. The van der Waals surface area contributed by atoms with Crippen molar-refractivity contribution < 1.29 is 24.1 Å². The van der Waals surface area contributed by atoms with Crippen LogP contribution in [0.2, 0.25) is 0 Å². The van der Waals surface area contributed by atoms with E-state index >= 15 is 0 Å². The number of ether oxygens (including phenoxy) is 3. The smallest absolute Gasteiger partial charge is 0.319 e. The van der Waals surface area contributed by atoms with Crippen molar-refractivity contribution in [2.45, 2.75) is 43.7 Å². The van der Waals surface area contributed by atoms with Crippen LogP contribution in [0, 0.1) is 5.92 Å². The number of amides is 2. The molecule has 3 N–H and O–H groups in total. The quantitative estimate of drug-likeness (QED) is 0.107. The second-order valence-electron chi connectivity index (χ2n) is 12.9. The number of aromatic nitrogens is 3. The molecule has 0 saturated carbocycles. The third-order valence-corrected chi connectivity index (χ3v) is 10.3. The average molecular weight is 728 g/mol. The molecule has 2 heterocycles. The largest absolute Gasteiger partial charge is 0.457 e. The van der Waals surface area contributed by atoms with Gasteiger partial charge in [0.2, 0.25) is 0 Å². The zero-order chi connectivity index (χ0) is 36.6. The van der Waals surface area contributed by atoms with Gasteiger partial charge in [0.15, 0.2) is 11.4 Å². The van der Waals surface area contributed by atoms with E-state index in [9.17, 15) is 9.90 Å². The first-order chi connectivity index (χ1) is 25.9. The number of aryl methyl sites for hydroxylation is 1. The number of aliphatic hydroxyl groups excluding tert-OH is 1. The van der Waals surface area contributed by atoms with Crippen molar-refractivity contribution in [3.05, 3.63) is 156 Å². The van der Waals surface area contributed by atoms with E-state index in [1.807, 2.05) is 103 Å². The molecule has 1 aliphatic rings. The van der Waals surface area contributed by atoms with E-state index in [-0.39, 0.29) is 30.8 Å². The van der Waals surface area contributed by atoms with Gasteiger partial charge in [0, 0.05) is 36.5 Å². The molecule has 4 atom stereocenters. The van der Waals surface area contributed by atoms with Gasteiger partial charge in [0.25, 0.3) is 0 Å². The highest BCUT2D eigenvalue weighted by Crippen LogP contribution is 2.43. The number of aliphatic hydroxyl groups is 1. The van der Waals surface area contributed by atoms with Crippen molar-refractivity contribution in [3.8, 4) is 22.6 Å². The summed E-state index contributed by atoms with van der Waals surface area (Å²) in [7, 11) is 1.93. The third-order valence-electron chi connectivity index (χ3n) is 9.13. The Morgan fingerprint density at radius 1 is 0.830 bits per heavy atom. The lowest BCUT2D eigenvalue weighted by atomic mass is 9.91. The normalized spacial score (nSPS) is 18.3. The third kappa shape index (κ3) is 9.13. The van der Waals surface area contributed by atoms with Gasteiger partial charge in [-0.1, -0.05) is 97.5 Å². The second kappa shape index (κ2) is 16.9. The Kier molecular flexibility index (Phi) is 11.5. The molecule has 1 aliphatic heterocycles. The van der Waals surface area contributed by atoms with Crippen molar-refractivity contribution in [2.75, 3.05) is 11.1 Å². The summed E-state index contributed by atoms with van der Waals surface area (Å²) < 4.78 is 21.1. The van der Waals surface area contributed by atoms with Crippen molar-refractivity contribution in [1.29, 1.82) is 0 Å². The van der Waals surface area contributed by atoms with E-state index in [1.165, 1.54) is 0 Å². The predicted octanol–water partition coefficient (Wildman–Crippen LogP) is 8.67. The van der Waals surface area contributed by atoms with Crippen molar-refractivity contribution in [1.82, 2.24) is 20.1 Å². The molecule has 2 amide bonds. The second-order valence-corrected chi connectivity index (χ2v) is 13.9. The Balaban J connectivity index is 1.02. The monoisotopic (exact) mass is 727 g/mol. The standard InChI is InChI=1S/C42H41N5O5S/c1-28-38(26-53-42-46-44-27-47(42)2)51-40(52-39(28)31-16-14-29(25-48)15-17-31)34-11-7-10-33(23-34)32-9-6-8-30(22-32)24-43-41(49)45-35-18-20-37(21-19-35)50-36-12-4-3-5-13-36/h3-23,27-28,38-40,48H,24-26H2,1-2H3,(H2,43,45,49)/t28-,38+,39+,40+/m0/s1. The summed E-state index contributed by atoms with van der Waals surface area (Å²) in [6.45, 7) is 2.49. The zero-order valence-corrected chi connectivity index (χ0v) is 30.3. The molecule has 0 radical (unpaired) electrons. The van der Waals surface area contributed by atoms with Gasteiger partial charge in [-0.05, 0) is 76.3 Å². The number of anilines is 1. The lowest BCUT2D eigenvalue weighted by molar-refractivity contribution is -0.268. The summed E-state index contributed by atoms with van der Waals surface area (Å²) in [5.41, 5.74) is 6.43. The molecule has 270 valence electrons. The fraction of sp³-hybridized carbons (Fsp3) is 0.214. The molecule has 0 spiro atoms. The summed E-state index contributed by atoms with van der Waals surface area (Å²) in [5.74, 6) is 2.16. The maximum absolute atomic E-state index is 12.8. The lowest BCUT2D eigenvalue weighted by Crippen LogP contribution is -2.38. The molecule has 7 rings (SSSR count). The van der Waals surface area contributed by atoms with Gasteiger partial charge in [0.05, 0.1) is 18.8 Å². The number of thioether (sulfide) groups is 1. The van der Waals surface area contributed by atoms with Crippen LogP contribution in [-0.4, -0.2) is 37.8 Å². The van der Waals surface area contributed by atoms with Crippen LogP contribution >= 0.6 is 11.8 Å². The van der Waals surface area contributed by atoms with Crippen LogP contribution < -0.4 is 15.4 Å². The first kappa shape index (κ1) is 35.9. The van der Waals surface area contributed by atoms with E-state index < -0.39 is 6.29 Å². The van der Waals surface area contributed by atoms with E-state index in [0.29, 0.717) is 23.7 Å². The predicted molar refractivity (Wildman–Crippen MR) is 205 cm³/mol. The number of urea groups is 1. The van der Waals surface area contributed by atoms with Gasteiger partial charge in [0.1, 0.15) is 17.8 Å². The Bertz CT molecular complexity index is 2110. The number of para-hydroxylation sites is 1. The number of hydrogen-bond donors (Lipinski definition) is 3. The van der Waals surface area contributed by atoms with Crippen LogP contribution in [-0.2, 0) is 29.7 Å². The molecule has 11 heteroatoms. The molecule has 6 aromatic rings. The molecule has 1 aromatic heterocycles. The fourth-order valence-corrected chi connectivity index (χ4v) is 7.24. The number of carbonyl (C=O) groups is 1. The minimum Gasteiger partial charge on any atom is -0.457 e. The molecule has 53 heavy (non-hydrogen) atoms. The lowest BCUT2D eigenvalue weighted by Gasteiger charge is -2.41. The van der Waals surface area contributed by atoms with Crippen molar-refractivity contribution >= 4 is 23.5 Å². The highest BCUT2D eigenvalue weighted by molar-refractivity contribution is 7.99. The maximum Gasteiger partial charge on any atom is 0.319 e. The molecule has 10 nitrogen and oxygen atoms in total. The fourth-order valence-electron chi connectivity index (χ4n) is 6.18. The summed E-state index contributed by atoms with van der Waals surface area (Å²) in [4.78, 5) is 12.8. The van der Waals surface area contributed by atoms with Crippen LogP contribution in [0.3, 0.4) is 0 Å². The van der Waals surface area contributed by atoms with Crippen LogP contribution in [0.15, 0.2) is 139 Å². The van der Waals surface area contributed by atoms with Gasteiger partial charge in [-0.15, -0.1) is 10.2 Å². The van der Waals surface area contributed by atoms with E-state index in [1.54, 1.807) is 30.2 Å². The maximum atomic E-state index is 12.8. The Hall–Kier alpha value is -5.46. The SMILES string of the molecule is C[C@H]1[C@@H](CSc2nncn2C)O[C@@H](c2cccc(-c3cccc(CNC(=O)Nc4ccc(Oc5ccccc5)cc4)c3)c2)O[C@H]1c1ccc(CO)cc1. The first-order valence-electron chi connectivity index (χ1n) is 17.5.